The van der Waals surface area contributed by atoms with Crippen molar-refractivity contribution in [3.63, 3.8) is 0 Å². The van der Waals surface area contributed by atoms with E-state index in [1.54, 1.807) is 11.1 Å². The van der Waals surface area contributed by atoms with Crippen molar-refractivity contribution in [2.24, 2.45) is 34.5 Å². The first kappa shape index (κ1) is 25.1. The number of benzene rings is 2. The molecule has 0 radical (unpaired) electrons. The topological polar surface area (TPSA) is 0 Å². The molecule has 2 aromatic rings. The van der Waals surface area contributed by atoms with Gasteiger partial charge in [0, 0.05) is 0 Å². The Morgan fingerprint density at radius 3 is 1.02 bits per heavy atom. The molecule has 0 heteroatoms. The highest BCUT2D eigenvalue weighted by atomic mass is 14.7. The molecule has 8 bridgehead atoms. The lowest BCUT2D eigenvalue weighted by atomic mass is 9.30. The maximum absolute atomic E-state index is 4.15. The smallest absolute Gasteiger partial charge is 0.00358 e. The molecule has 0 N–H and O–H groups in total. The Balaban J connectivity index is 1.24. The van der Waals surface area contributed by atoms with Crippen LogP contribution in [0.4, 0.5) is 0 Å². The summed E-state index contributed by atoms with van der Waals surface area (Å²) >= 11 is 0. The van der Waals surface area contributed by atoms with Crippen LogP contribution >= 0.6 is 0 Å². The van der Waals surface area contributed by atoms with Crippen LogP contribution in [0.5, 0.6) is 0 Å². The molecule has 40 heavy (non-hydrogen) atoms. The Hall–Kier alpha value is -2.60. The van der Waals surface area contributed by atoms with Gasteiger partial charge in [0.1, 0.15) is 0 Å². The quantitative estimate of drug-likeness (QED) is 0.336. The highest BCUT2D eigenvalue weighted by molar-refractivity contribution is 5.60. The second kappa shape index (κ2) is 8.47. The van der Waals surface area contributed by atoms with Gasteiger partial charge in [0.05, 0.1) is 0 Å². The van der Waals surface area contributed by atoms with Crippen LogP contribution in [0.3, 0.4) is 0 Å². The van der Waals surface area contributed by atoms with E-state index >= 15 is 0 Å². The van der Waals surface area contributed by atoms with Gasteiger partial charge in [-0.1, -0.05) is 74.9 Å². The third-order valence-corrected chi connectivity index (χ3v) is 13.4. The van der Waals surface area contributed by atoms with E-state index in [0.29, 0.717) is 21.7 Å². The van der Waals surface area contributed by atoms with Crippen molar-refractivity contribution in [3.8, 4) is 0 Å². The van der Waals surface area contributed by atoms with Gasteiger partial charge in [-0.25, -0.2) is 0 Å². The zero-order chi connectivity index (χ0) is 27.3. The minimum absolute atomic E-state index is 0.343. The summed E-state index contributed by atoms with van der Waals surface area (Å²) in [6.45, 7) is 16.6. The third kappa shape index (κ3) is 3.44. The van der Waals surface area contributed by atoms with Gasteiger partial charge in [0.2, 0.25) is 0 Å². The average molecular weight is 527 g/mol. The summed E-state index contributed by atoms with van der Waals surface area (Å²) in [6, 6.07) is 14.5. The van der Waals surface area contributed by atoms with Gasteiger partial charge in [0.15, 0.2) is 0 Å². The normalized spacial score (nSPS) is 42.1. The summed E-state index contributed by atoms with van der Waals surface area (Å²) in [7, 11) is 0. The molecule has 8 aliphatic rings. The maximum atomic E-state index is 4.15. The Morgan fingerprint density at radius 2 is 0.750 bits per heavy atom. The third-order valence-electron chi connectivity index (χ3n) is 13.4. The summed E-state index contributed by atoms with van der Waals surface area (Å²) < 4.78 is 0. The first-order valence-electron chi connectivity index (χ1n) is 16.1. The largest absolute Gasteiger partial charge is 0.0985 e. The molecule has 0 heterocycles. The van der Waals surface area contributed by atoms with Crippen molar-refractivity contribution in [2.45, 2.75) is 87.9 Å². The second-order valence-electron chi connectivity index (χ2n) is 15.6. The van der Waals surface area contributed by atoms with Crippen molar-refractivity contribution in [3.05, 3.63) is 96.1 Å². The van der Waals surface area contributed by atoms with Crippen molar-refractivity contribution in [2.75, 3.05) is 0 Å². The Bertz CT molecular complexity index is 1240. The van der Waals surface area contributed by atoms with Crippen LogP contribution in [0.2, 0.25) is 0 Å². The minimum Gasteiger partial charge on any atom is -0.0985 e. The fourth-order valence-corrected chi connectivity index (χ4v) is 12.9. The predicted octanol–water partition coefficient (Wildman–Crippen LogP) is 10.6. The zero-order valence-electron chi connectivity index (χ0n) is 24.4. The lowest BCUT2D eigenvalue weighted by Crippen LogP contribution is -2.66. The molecule has 2 aromatic carbocycles. The van der Waals surface area contributed by atoms with Gasteiger partial charge in [-0.2, -0.15) is 0 Å². The molecule has 206 valence electrons. The highest BCUT2D eigenvalue weighted by Crippen LogP contribution is 2.78. The molecule has 0 aliphatic heterocycles. The average Bonchev–Trinajstić information content (AvgIpc) is 2.95. The molecule has 0 saturated heterocycles. The molecule has 8 aliphatic carbocycles. The summed E-state index contributed by atoms with van der Waals surface area (Å²) in [6.07, 6.45) is 25.6. The van der Waals surface area contributed by atoms with Crippen LogP contribution in [0.25, 0.3) is 24.3 Å². The van der Waals surface area contributed by atoms with E-state index in [2.05, 4.69) is 62.7 Å². The van der Waals surface area contributed by atoms with Gasteiger partial charge >= 0.3 is 0 Å². The zero-order valence-corrected chi connectivity index (χ0v) is 24.4. The maximum Gasteiger partial charge on any atom is -0.00358 e. The summed E-state index contributed by atoms with van der Waals surface area (Å²) in [5.41, 5.74) is 9.99. The molecule has 0 aromatic heterocycles. The van der Waals surface area contributed by atoms with E-state index < -0.39 is 0 Å². The molecule has 8 fully saturated rings. The van der Waals surface area contributed by atoms with Gasteiger partial charge in [-0.3, -0.25) is 0 Å². The van der Waals surface area contributed by atoms with Crippen molar-refractivity contribution in [1.82, 2.24) is 0 Å². The van der Waals surface area contributed by atoms with Gasteiger partial charge < -0.3 is 0 Å². The molecular weight excluding hydrogens is 480 g/mol. The van der Waals surface area contributed by atoms with Crippen LogP contribution in [-0.2, 0) is 10.8 Å². The fraction of sp³-hybridized carbons (Fsp3) is 0.500. The molecule has 0 nitrogen and oxygen atoms in total. The van der Waals surface area contributed by atoms with Crippen molar-refractivity contribution < 1.29 is 0 Å². The standard InChI is InChI=1S/C40H46/c1-5-27-9-28(6-2)14-35(13-27)37-17-31-11-32(18-37)22-39(21-31,25-37)40-23-33-12-34(24-40)20-38(19-33,26-40)36-15-29(7-3)10-30(8-4)16-36/h5-10,13-16,31-34H,1-4,11-12,17-26H2. The van der Waals surface area contributed by atoms with Crippen LogP contribution < -0.4 is 0 Å². The van der Waals surface area contributed by atoms with Gasteiger partial charge in [-0.05, 0) is 168 Å². The summed E-state index contributed by atoms with van der Waals surface area (Å²) in [5.74, 6) is 3.62. The van der Waals surface area contributed by atoms with Gasteiger partial charge in [-0.15, -0.1) is 0 Å². The number of hydrogen-bond acceptors (Lipinski definition) is 0. The molecule has 8 saturated carbocycles. The Labute approximate surface area is 242 Å². The van der Waals surface area contributed by atoms with E-state index in [0.717, 1.165) is 23.7 Å². The predicted molar refractivity (Wildman–Crippen MR) is 171 cm³/mol. The van der Waals surface area contributed by atoms with Crippen LogP contribution in [0.1, 0.15) is 110 Å². The summed E-state index contributed by atoms with van der Waals surface area (Å²) in [4.78, 5) is 0. The van der Waals surface area contributed by atoms with E-state index in [4.69, 9.17) is 0 Å². The van der Waals surface area contributed by atoms with Crippen LogP contribution in [0.15, 0.2) is 62.7 Å². The van der Waals surface area contributed by atoms with Crippen LogP contribution in [-0.4, -0.2) is 0 Å². The Morgan fingerprint density at radius 1 is 0.450 bits per heavy atom. The molecule has 10 rings (SSSR count). The lowest BCUT2D eigenvalue weighted by Gasteiger charge is -2.74. The van der Waals surface area contributed by atoms with E-state index in [1.807, 2.05) is 24.3 Å². The second-order valence-corrected chi connectivity index (χ2v) is 15.6. The van der Waals surface area contributed by atoms with Crippen molar-refractivity contribution in [1.29, 1.82) is 0 Å². The first-order chi connectivity index (χ1) is 19.3. The van der Waals surface area contributed by atoms with Gasteiger partial charge in [0.25, 0.3) is 0 Å². The summed E-state index contributed by atoms with van der Waals surface area (Å²) in [5, 5.41) is 0. The number of rotatable bonds is 7. The lowest BCUT2D eigenvalue weighted by molar-refractivity contribution is -0.212. The highest BCUT2D eigenvalue weighted by Gasteiger charge is 2.70. The Kier molecular flexibility index (Phi) is 5.32. The van der Waals surface area contributed by atoms with E-state index in [1.165, 1.54) is 99.3 Å². The first-order valence-corrected chi connectivity index (χ1v) is 16.1. The van der Waals surface area contributed by atoms with E-state index in [9.17, 15) is 0 Å². The molecule has 4 unspecified atom stereocenters. The van der Waals surface area contributed by atoms with E-state index in [-0.39, 0.29) is 0 Å². The molecule has 4 atom stereocenters. The monoisotopic (exact) mass is 526 g/mol. The molecule has 0 spiro atoms. The number of hydrogen-bond donors (Lipinski definition) is 0. The fourth-order valence-electron chi connectivity index (χ4n) is 12.9. The van der Waals surface area contributed by atoms with Crippen molar-refractivity contribution >= 4 is 24.3 Å². The van der Waals surface area contributed by atoms with Crippen LogP contribution in [0, 0.1) is 34.5 Å². The molecular formula is C40H46. The SMILES string of the molecule is C=Cc1cc(C=C)cc(C23CC4CC(C2)CC(C25CC6CC(CC(c7cc(C=C)cc(C=C)c7)(C6)C2)C5)(C4)C3)c1. The minimum atomic E-state index is 0.343. The molecule has 0 amide bonds.